The van der Waals surface area contributed by atoms with E-state index in [1.54, 1.807) is 18.9 Å². The Kier molecular flexibility index (Phi) is 5.92. The lowest BCUT2D eigenvalue weighted by Crippen LogP contribution is -2.45. The molecular formula is C27H32N6O2S. The fourth-order valence-corrected chi connectivity index (χ4v) is 5.73. The number of imidazole rings is 1. The summed E-state index contributed by atoms with van der Waals surface area (Å²) < 4.78 is 10.2. The second-order valence-corrected chi connectivity index (χ2v) is 10.9. The maximum atomic E-state index is 13.3. The number of piperidine rings is 1. The number of thioether (sulfide) groups is 1. The van der Waals surface area contributed by atoms with Gasteiger partial charge in [0.05, 0.1) is 23.3 Å². The van der Waals surface area contributed by atoms with Crippen molar-refractivity contribution in [2.24, 2.45) is 18.7 Å². The van der Waals surface area contributed by atoms with Crippen molar-refractivity contribution in [3.63, 3.8) is 0 Å². The lowest BCUT2D eigenvalue weighted by Gasteiger charge is -2.30. The number of likely N-dealkylation sites (tertiary alicyclic amines) is 1. The van der Waals surface area contributed by atoms with Crippen LogP contribution in [0.3, 0.4) is 0 Å². The molecule has 1 saturated carbocycles. The number of methoxy groups -OCH3 is 1. The molecule has 1 aromatic carbocycles. The van der Waals surface area contributed by atoms with Crippen molar-refractivity contribution in [1.82, 2.24) is 24.0 Å². The minimum absolute atomic E-state index is 0.0193. The van der Waals surface area contributed by atoms with Gasteiger partial charge >= 0.3 is 0 Å². The number of pyridine rings is 1. The summed E-state index contributed by atoms with van der Waals surface area (Å²) in [6.07, 6.45) is 6.44. The van der Waals surface area contributed by atoms with Crippen molar-refractivity contribution in [2.75, 3.05) is 26.5 Å². The van der Waals surface area contributed by atoms with Gasteiger partial charge in [0.15, 0.2) is 5.82 Å². The zero-order chi connectivity index (χ0) is 25.0. The number of fused-ring (bicyclic) bond motifs is 2. The predicted octanol–water partition coefficient (Wildman–Crippen LogP) is 4.29. The minimum Gasteiger partial charge on any atom is -0.494 e. The highest BCUT2D eigenvalue weighted by Gasteiger charge is 2.28. The summed E-state index contributed by atoms with van der Waals surface area (Å²) in [5.41, 5.74) is 10.4. The third kappa shape index (κ3) is 4.04. The third-order valence-corrected chi connectivity index (χ3v) is 8.09. The first-order chi connectivity index (χ1) is 17.5. The monoisotopic (exact) mass is 504 g/mol. The molecule has 1 aliphatic carbocycles. The van der Waals surface area contributed by atoms with Crippen molar-refractivity contribution >= 4 is 39.7 Å². The largest absolute Gasteiger partial charge is 0.494 e. The van der Waals surface area contributed by atoms with Gasteiger partial charge in [-0.05, 0) is 68.2 Å². The van der Waals surface area contributed by atoms with Crippen LogP contribution in [0.5, 0.6) is 5.75 Å². The van der Waals surface area contributed by atoms with E-state index in [4.69, 9.17) is 20.4 Å². The molecule has 9 heteroatoms. The first-order valence-electron chi connectivity index (χ1n) is 12.6. The maximum absolute atomic E-state index is 13.3. The first kappa shape index (κ1) is 23.4. The number of carbonyl (C=O) groups is 1. The second-order valence-electron chi connectivity index (χ2n) is 10.0. The molecule has 8 nitrogen and oxygen atoms in total. The molecule has 1 atom stereocenters. The average molecular weight is 505 g/mol. The number of ether oxygens (including phenoxy) is 1. The molecule has 3 aromatic heterocycles. The smallest absolute Gasteiger partial charge is 0.254 e. The van der Waals surface area contributed by atoms with Crippen LogP contribution < -0.4 is 10.5 Å². The van der Waals surface area contributed by atoms with Crippen LogP contribution in [0, 0.1) is 5.92 Å². The molecule has 2 N–H and O–H groups in total. The van der Waals surface area contributed by atoms with Crippen molar-refractivity contribution in [3.05, 3.63) is 35.9 Å². The number of nitrogens with zero attached hydrogens (tertiary/aromatic N) is 5. The van der Waals surface area contributed by atoms with E-state index >= 15 is 0 Å². The quantitative estimate of drug-likeness (QED) is 0.394. The van der Waals surface area contributed by atoms with E-state index in [0.717, 1.165) is 64.5 Å². The number of nitrogens with two attached hydrogens (primary N) is 1. The zero-order valence-electron chi connectivity index (χ0n) is 21.0. The van der Waals surface area contributed by atoms with Gasteiger partial charge in [-0.1, -0.05) is 0 Å². The molecule has 188 valence electrons. The van der Waals surface area contributed by atoms with E-state index in [1.165, 1.54) is 12.8 Å². The highest BCUT2D eigenvalue weighted by atomic mass is 32.2. The Balaban J connectivity index is 1.48. The topological polar surface area (TPSA) is 91.2 Å². The predicted molar refractivity (Wildman–Crippen MR) is 144 cm³/mol. The fraction of sp³-hybridized carbons (Fsp3) is 0.444. The van der Waals surface area contributed by atoms with Crippen molar-refractivity contribution < 1.29 is 9.53 Å². The van der Waals surface area contributed by atoms with Crippen molar-refractivity contribution in [2.45, 2.75) is 43.3 Å². The van der Waals surface area contributed by atoms with Crippen LogP contribution in [0.1, 0.15) is 36.0 Å². The highest BCUT2D eigenvalue weighted by molar-refractivity contribution is 7.98. The van der Waals surface area contributed by atoms with Crippen LogP contribution in [0.4, 0.5) is 0 Å². The molecule has 36 heavy (non-hydrogen) atoms. The summed E-state index contributed by atoms with van der Waals surface area (Å²) in [5.74, 6) is 2.15. The van der Waals surface area contributed by atoms with E-state index in [-0.39, 0.29) is 11.9 Å². The molecule has 1 unspecified atom stereocenters. The second kappa shape index (κ2) is 9.12. The molecule has 0 bridgehead atoms. The average Bonchev–Trinajstić information content (AvgIpc) is 3.56. The van der Waals surface area contributed by atoms with E-state index < -0.39 is 0 Å². The number of amides is 1. The van der Waals surface area contributed by atoms with Crippen LogP contribution in [0.25, 0.3) is 33.6 Å². The number of hydrogen-bond donors (Lipinski definition) is 1. The van der Waals surface area contributed by atoms with Gasteiger partial charge in [0.1, 0.15) is 16.9 Å². The Morgan fingerprint density at radius 3 is 2.75 bits per heavy atom. The molecule has 6 rings (SSSR count). The standard InChI is InChI=1S/C27H32N6O2S/c1-31-24-20(11-18(13-22(24)35-2)27(34)32-10-4-5-19(28)15-32)29-26(31)21-12-17-8-9-23(36-3)30-25(17)33(21)14-16-6-7-16/h8-9,11-13,16,19H,4-7,10,14-15,28H2,1-3H3. The summed E-state index contributed by atoms with van der Waals surface area (Å²) in [6.45, 7) is 2.24. The van der Waals surface area contributed by atoms with Crippen molar-refractivity contribution in [3.8, 4) is 17.3 Å². The van der Waals surface area contributed by atoms with Crippen LogP contribution in [0.2, 0.25) is 0 Å². The Morgan fingerprint density at radius 1 is 1.19 bits per heavy atom. The molecule has 0 spiro atoms. The van der Waals surface area contributed by atoms with Gasteiger partial charge < -0.3 is 24.5 Å². The molecule has 1 amide bonds. The van der Waals surface area contributed by atoms with Gasteiger partial charge in [-0.15, -0.1) is 11.8 Å². The van der Waals surface area contributed by atoms with E-state index in [0.29, 0.717) is 23.8 Å². The molecular weight excluding hydrogens is 472 g/mol. The Morgan fingerprint density at radius 2 is 2.03 bits per heavy atom. The Bertz CT molecular complexity index is 1470. The van der Waals surface area contributed by atoms with Gasteiger partial charge in [0, 0.05) is 43.7 Å². The normalized spacial score (nSPS) is 18.3. The SMILES string of the molecule is COc1cc(C(=O)N2CCCC(N)C2)cc2nc(-c3cc4ccc(SC)nc4n3CC3CC3)n(C)c12. The van der Waals surface area contributed by atoms with Crippen LogP contribution in [-0.4, -0.2) is 62.4 Å². The van der Waals surface area contributed by atoms with Gasteiger partial charge in [-0.25, -0.2) is 9.97 Å². The van der Waals surface area contributed by atoms with E-state index in [1.807, 2.05) is 24.1 Å². The summed E-state index contributed by atoms with van der Waals surface area (Å²) in [4.78, 5) is 25.2. The van der Waals surface area contributed by atoms with Gasteiger partial charge in [0.25, 0.3) is 5.91 Å². The molecule has 4 heterocycles. The summed E-state index contributed by atoms with van der Waals surface area (Å²) in [5, 5.41) is 2.12. The summed E-state index contributed by atoms with van der Waals surface area (Å²) in [7, 11) is 3.66. The Hall–Kier alpha value is -3.04. The minimum atomic E-state index is -0.0193. The van der Waals surface area contributed by atoms with Crippen molar-refractivity contribution in [1.29, 1.82) is 0 Å². The van der Waals surface area contributed by atoms with Gasteiger partial charge in [-0.2, -0.15) is 0 Å². The zero-order valence-corrected chi connectivity index (χ0v) is 21.8. The number of carbonyl (C=O) groups excluding carboxylic acids is 1. The molecule has 0 radical (unpaired) electrons. The molecule has 2 aliphatic rings. The number of benzene rings is 1. The van der Waals surface area contributed by atoms with Crippen LogP contribution in [-0.2, 0) is 13.6 Å². The summed E-state index contributed by atoms with van der Waals surface area (Å²) >= 11 is 1.65. The van der Waals surface area contributed by atoms with Gasteiger partial charge in [0.2, 0.25) is 0 Å². The molecule has 1 saturated heterocycles. The highest BCUT2D eigenvalue weighted by Crippen LogP contribution is 2.38. The summed E-state index contributed by atoms with van der Waals surface area (Å²) in [6, 6.07) is 10.2. The fourth-order valence-electron chi connectivity index (χ4n) is 5.35. The first-order valence-corrected chi connectivity index (χ1v) is 13.8. The molecule has 4 aromatic rings. The third-order valence-electron chi connectivity index (χ3n) is 7.44. The van der Waals surface area contributed by atoms with Gasteiger partial charge in [-0.3, -0.25) is 4.79 Å². The lowest BCUT2D eigenvalue weighted by atomic mass is 10.0. The number of rotatable bonds is 6. The maximum Gasteiger partial charge on any atom is 0.254 e. The van der Waals surface area contributed by atoms with Crippen LogP contribution >= 0.6 is 11.8 Å². The number of aromatic nitrogens is 4. The molecule has 2 fully saturated rings. The molecule has 1 aliphatic heterocycles. The van der Waals surface area contributed by atoms with E-state index in [9.17, 15) is 4.79 Å². The number of aryl methyl sites for hydroxylation is 1. The van der Waals surface area contributed by atoms with Crippen LogP contribution in [0.15, 0.2) is 35.4 Å². The lowest BCUT2D eigenvalue weighted by molar-refractivity contribution is 0.0708. The Labute approximate surface area is 214 Å². The van der Waals surface area contributed by atoms with E-state index in [2.05, 4.69) is 33.6 Å². The number of hydrogen-bond acceptors (Lipinski definition) is 6.